The molecular formula is C16H14F2N2. The van der Waals surface area contributed by atoms with Crippen molar-refractivity contribution in [2.75, 3.05) is 6.54 Å². The van der Waals surface area contributed by atoms with Crippen molar-refractivity contribution in [3.63, 3.8) is 0 Å². The molecule has 102 valence electrons. The van der Waals surface area contributed by atoms with Crippen LogP contribution < -0.4 is 5.32 Å². The summed E-state index contributed by atoms with van der Waals surface area (Å²) in [7, 11) is 0. The maximum absolute atomic E-state index is 13.4. The Morgan fingerprint density at radius 2 is 1.85 bits per heavy atom. The average Bonchev–Trinajstić information content (AvgIpc) is 2.48. The van der Waals surface area contributed by atoms with Crippen LogP contribution in [0.1, 0.15) is 17.0 Å². The van der Waals surface area contributed by atoms with Gasteiger partial charge in [-0.1, -0.05) is 30.3 Å². The van der Waals surface area contributed by atoms with E-state index >= 15 is 0 Å². The third kappa shape index (κ3) is 3.62. The van der Waals surface area contributed by atoms with Crippen molar-refractivity contribution in [2.45, 2.75) is 12.5 Å². The molecule has 0 saturated heterocycles. The molecule has 0 saturated carbocycles. The van der Waals surface area contributed by atoms with Gasteiger partial charge in [0, 0.05) is 18.7 Å². The summed E-state index contributed by atoms with van der Waals surface area (Å²) in [6.07, 6.45) is 0. The first-order chi connectivity index (χ1) is 9.70. The summed E-state index contributed by atoms with van der Waals surface area (Å²) in [6, 6.07) is 14.9. The number of nitrogens with zero attached hydrogens (tertiary/aromatic N) is 1. The summed E-state index contributed by atoms with van der Waals surface area (Å²) in [5.74, 6) is -1.23. The van der Waals surface area contributed by atoms with E-state index in [1.165, 1.54) is 0 Å². The second-order valence-electron chi connectivity index (χ2n) is 4.46. The number of hydrogen-bond donors (Lipinski definition) is 1. The Morgan fingerprint density at radius 1 is 1.10 bits per heavy atom. The van der Waals surface area contributed by atoms with E-state index in [-0.39, 0.29) is 18.0 Å². The van der Waals surface area contributed by atoms with Gasteiger partial charge in [0.1, 0.15) is 11.6 Å². The van der Waals surface area contributed by atoms with Gasteiger partial charge in [0.2, 0.25) is 0 Å². The van der Waals surface area contributed by atoms with Gasteiger partial charge >= 0.3 is 0 Å². The summed E-state index contributed by atoms with van der Waals surface area (Å²) < 4.78 is 26.4. The molecule has 0 aromatic heterocycles. The highest BCUT2D eigenvalue weighted by molar-refractivity contribution is 5.25. The Hall–Kier alpha value is -2.25. The predicted molar refractivity (Wildman–Crippen MR) is 72.9 cm³/mol. The van der Waals surface area contributed by atoms with Gasteiger partial charge in [-0.05, 0) is 23.8 Å². The topological polar surface area (TPSA) is 35.8 Å². The van der Waals surface area contributed by atoms with E-state index in [9.17, 15) is 8.78 Å². The van der Waals surface area contributed by atoms with Crippen molar-refractivity contribution in [1.29, 1.82) is 5.26 Å². The Bertz CT molecular complexity index is 606. The lowest BCUT2D eigenvalue weighted by Crippen LogP contribution is -2.21. The summed E-state index contributed by atoms with van der Waals surface area (Å²) in [4.78, 5) is 0. The second-order valence-corrected chi connectivity index (χ2v) is 4.46. The molecule has 2 rings (SSSR count). The van der Waals surface area contributed by atoms with Crippen LogP contribution in [0.4, 0.5) is 8.78 Å². The van der Waals surface area contributed by atoms with Gasteiger partial charge in [-0.3, -0.25) is 0 Å². The van der Waals surface area contributed by atoms with Gasteiger partial charge in [-0.25, -0.2) is 8.78 Å². The van der Waals surface area contributed by atoms with Crippen LogP contribution in [-0.2, 0) is 6.54 Å². The summed E-state index contributed by atoms with van der Waals surface area (Å²) in [5, 5.41) is 12.1. The number of benzene rings is 2. The van der Waals surface area contributed by atoms with E-state index in [1.807, 2.05) is 30.3 Å². The molecule has 0 radical (unpaired) electrons. The molecule has 0 aliphatic heterocycles. The lowest BCUT2D eigenvalue weighted by molar-refractivity contribution is 0.564. The van der Waals surface area contributed by atoms with Gasteiger partial charge in [0.25, 0.3) is 0 Å². The molecule has 1 N–H and O–H groups in total. The van der Waals surface area contributed by atoms with Crippen LogP contribution in [0.3, 0.4) is 0 Å². The average molecular weight is 272 g/mol. The van der Waals surface area contributed by atoms with E-state index < -0.39 is 11.6 Å². The quantitative estimate of drug-likeness (QED) is 0.906. The molecule has 20 heavy (non-hydrogen) atoms. The van der Waals surface area contributed by atoms with E-state index in [2.05, 4.69) is 11.4 Å². The molecule has 1 atom stereocenters. The third-order valence-electron chi connectivity index (χ3n) is 3.03. The number of nitrogens with one attached hydrogen (secondary N) is 1. The van der Waals surface area contributed by atoms with Gasteiger partial charge in [-0.2, -0.15) is 5.26 Å². The van der Waals surface area contributed by atoms with Gasteiger partial charge in [-0.15, -0.1) is 0 Å². The zero-order chi connectivity index (χ0) is 14.4. The molecule has 4 heteroatoms. The molecule has 0 aliphatic carbocycles. The first-order valence-corrected chi connectivity index (χ1v) is 6.30. The first kappa shape index (κ1) is 14.2. The minimum atomic E-state index is -0.469. The summed E-state index contributed by atoms with van der Waals surface area (Å²) >= 11 is 0. The van der Waals surface area contributed by atoms with Crippen molar-refractivity contribution >= 4 is 0 Å². The lowest BCUT2D eigenvalue weighted by atomic mass is 10.0. The molecular weight excluding hydrogens is 258 g/mol. The van der Waals surface area contributed by atoms with Gasteiger partial charge in [0.05, 0.1) is 12.0 Å². The predicted octanol–water partition coefficient (Wildman–Crippen LogP) is 3.36. The van der Waals surface area contributed by atoms with Crippen molar-refractivity contribution < 1.29 is 8.78 Å². The minimum absolute atomic E-state index is 0.189. The number of hydrogen-bond acceptors (Lipinski definition) is 2. The van der Waals surface area contributed by atoms with Crippen LogP contribution in [0, 0.1) is 23.0 Å². The highest BCUT2D eigenvalue weighted by Gasteiger charge is 2.10. The maximum atomic E-state index is 13.4. The Morgan fingerprint density at radius 3 is 2.55 bits per heavy atom. The number of nitriles is 1. The van der Waals surface area contributed by atoms with Gasteiger partial charge in [0.15, 0.2) is 0 Å². The van der Waals surface area contributed by atoms with Crippen LogP contribution in [0.2, 0.25) is 0 Å². The zero-order valence-corrected chi connectivity index (χ0v) is 10.8. The molecule has 2 nitrogen and oxygen atoms in total. The van der Waals surface area contributed by atoms with E-state index in [1.54, 1.807) is 0 Å². The van der Waals surface area contributed by atoms with Crippen LogP contribution in [0.15, 0.2) is 48.5 Å². The Labute approximate surface area is 116 Å². The van der Waals surface area contributed by atoms with E-state index in [0.29, 0.717) is 6.54 Å². The van der Waals surface area contributed by atoms with Crippen LogP contribution in [-0.4, -0.2) is 6.54 Å². The monoisotopic (exact) mass is 272 g/mol. The molecule has 0 fully saturated rings. The fraction of sp³-hybridized carbons (Fsp3) is 0.188. The lowest BCUT2D eigenvalue weighted by Gasteiger charge is -2.11. The van der Waals surface area contributed by atoms with Crippen molar-refractivity contribution in [3.8, 4) is 6.07 Å². The highest BCUT2D eigenvalue weighted by Crippen LogP contribution is 2.14. The van der Waals surface area contributed by atoms with Crippen molar-refractivity contribution in [1.82, 2.24) is 5.32 Å². The molecule has 0 heterocycles. The Balaban J connectivity index is 1.95. The van der Waals surface area contributed by atoms with E-state index in [4.69, 9.17) is 5.26 Å². The maximum Gasteiger partial charge on any atom is 0.127 e. The summed E-state index contributed by atoms with van der Waals surface area (Å²) in [6.45, 7) is 0.574. The second kappa shape index (κ2) is 6.78. The standard InChI is InChI=1S/C16H14F2N2/c17-15-6-7-16(18)13(8-15)10-20-11-14(9-19)12-4-2-1-3-5-12/h1-8,14,20H,10-11H2. The molecule has 0 aliphatic rings. The van der Waals surface area contributed by atoms with Crippen molar-refractivity contribution in [2.24, 2.45) is 0 Å². The highest BCUT2D eigenvalue weighted by atomic mass is 19.1. The Kier molecular flexibility index (Phi) is 4.80. The van der Waals surface area contributed by atoms with Crippen LogP contribution in [0.5, 0.6) is 0 Å². The molecule has 0 bridgehead atoms. The van der Waals surface area contributed by atoms with E-state index in [0.717, 1.165) is 23.8 Å². The number of halogens is 2. The largest absolute Gasteiger partial charge is 0.311 e. The fourth-order valence-electron chi connectivity index (χ4n) is 1.95. The first-order valence-electron chi connectivity index (χ1n) is 6.30. The SMILES string of the molecule is N#CC(CNCc1cc(F)ccc1F)c1ccccc1. The fourth-order valence-corrected chi connectivity index (χ4v) is 1.95. The molecule has 1 unspecified atom stereocenters. The van der Waals surface area contributed by atoms with Crippen molar-refractivity contribution in [3.05, 3.63) is 71.3 Å². The summed E-state index contributed by atoms with van der Waals surface area (Å²) in [5.41, 5.74) is 1.16. The molecule has 2 aromatic rings. The smallest absolute Gasteiger partial charge is 0.127 e. The van der Waals surface area contributed by atoms with Crippen LogP contribution in [0.25, 0.3) is 0 Å². The molecule has 0 amide bonds. The molecule has 0 spiro atoms. The van der Waals surface area contributed by atoms with Gasteiger partial charge < -0.3 is 5.32 Å². The normalized spacial score (nSPS) is 11.8. The molecule has 2 aromatic carbocycles. The number of rotatable bonds is 5. The minimum Gasteiger partial charge on any atom is -0.311 e. The van der Waals surface area contributed by atoms with Crippen LogP contribution >= 0.6 is 0 Å². The third-order valence-corrected chi connectivity index (χ3v) is 3.03. The zero-order valence-electron chi connectivity index (χ0n) is 10.8.